The maximum absolute atomic E-state index is 12.1. The van der Waals surface area contributed by atoms with Crippen molar-refractivity contribution in [3.63, 3.8) is 0 Å². The molecule has 0 heterocycles. The summed E-state index contributed by atoms with van der Waals surface area (Å²) in [7, 11) is 1.72. The number of carbonyl (C=O) groups excluding carboxylic acids is 1. The number of hydrogen-bond donors (Lipinski definition) is 1. The monoisotopic (exact) mass is 252 g/mol. The highest BCUT2D eigenvalue weighted by molar-refractivity contribution is 5.76. The van der Waals surface area contributed by atoms with E-state index in [0.717, 1.165) is 12.8 Å². The molecule has 0 unspecified atom stereocenters. The Kier molecular flexibility index (Phi) is 5.24. The minimum atomic E-state index is -4.19. The number of nitrogens with zero attached hydrogens (tertiary/aromatic N) is 1. The number of alkyl halides is 3. The zero-order valence-corrected chi connectivity index (χ0v) is 10.0. The van der Waals surface area contributed by atoms with Crippen LogP contribution in [0, 0.1) is 5.92 Å². The molecule has 1 aliphatic rings. The SMILES string of the molecule is CNCCC(=O)N(CCC(F)(F)F)CC1CC1. The number of hydrogen-bond acceptors (Lipinski definition) is 2. The summed E-state index contributed by atoms with van der Waals surface area (Å²) in [5, 5.41) is 2.83. The van der Waals surface area contributed by atoms with E-state index in [9.17, 15) is 18.0 Å². The Bertz CT molecular complexity index is 252. The van der Waals surface area contributed by atoms with E-state index in [1.54, 1.807) is 7.05 Å². The number of amides is 1. The molecule has 0 spiro atoms. The van der Waals surface area contributed by atoms with E-state index in [1.165, 1.54) is 4.90 Å². The van der Waals surface area contributed by atoms with Crippen LogP contribution in [-0.4, -0.2) is 43.7 Å². The predicted molar refractivity (Wildman–Crippen MR) is 58.5 cm³/mol. The Morgan fingerprint density at radius 3 is 2.53 bits per heavy atom. The highest BCUT2D eigenvalue weighted by atomic mass is 19.4. The Hall–Kier alpha value is -0.780. The molecule has 0 aromatic carbocycles. The number of carbonyl (C=O) groups is 1. The molecule has 1 N–H and O–H groups in total. The standard InChI is InChI=1S/C11H19F3N2O/c1-15-6-4-10(17)16(8-9-2-3-9)7-5-11(12,13)14/h9,15H,2-8H2,1H3. The van der Waals surface area contributed by atoms with Crippen molar-refractivity contribution in [2.24, 2.45) is 5.92 Å². The van der Waals surface area contributed by atoms with Crippen LogP contribution in [0.15, 0.2) is 0 Å². The van der Waals surface area contributed by atoms with Crippen LogP contribution in [-0.2, 0) is 4.79 Å². The molecule has 1 rings (SSSR count). The van der Waals surface area contributed by atoms with Gasteiger partial charge in [-0.25, -0.2) is 0 Å². The van der Waals surface area contributed by atoms with Crippen molar-refractivity contribution < 1.29 is 18.0 Å². The minimum Gasteiger partial charge on any atom is -0.342 e. The quantitative estimate of drug-likeness (QED) is 0.749. The second kappa shape index (κ2) is 6.23. The first-order chi connectivity index (χ1) is 7.92. The van der Waals surface area contributed by atoms with Gasteiger partial charge in [-0.15, -0.1) is 0 Å². The Morgan fingerprint density at radius 2 is 2.06 bits per heavy atom. The van der Waals surface area contributed by atoms with Crippen molar-refractivity contribution in [1.29, 1.82) is 0 Å². The van der Waals surface area contributed by atoms with Crippen molar-refractivity contribution in [2.75, 3.05) is 26.7 Å². The molecule has 100 valence electrons. The topological polar surface area (TPSA) is 32.3 Å². The molecule has 0 aromatic rings. The van der Waals surface area contributed by atoms with E-state index in [4.69, 9.17) is 0 Å². The minimum absolute atomic E-state index is 0.185. The van der Waals surface area contributed by atoms with Gasteiger partial charge in [0.1, 0.15) is 0 Å². The van der Waals surface area contributed by atoms with Crippen molar-refractivity contribution >= 4 is 5.91 Å². The molecule has 3 nitrogen and oxygen atoms in total. The summed E-state index contributed by atoms with van der Waals surface area (Å²) < 4.78 is 36.4. The maximum Gasteiger partial charge on any atom is 0.390 e. The van der Waals surface area contributed by atoms with Gasteiger partial charge in [-0.3, -0.25) is 4.79 Å². The lowest BCUT2D eigenvalue weighted by atomic mass is 10.2. The third-order valence-electron chi connectivity index (χ3n) is 2.78. The van der Waals surface area contributed by atoms with Crippen molar-refractivity contribution in [3.8, 4) is 0 Å². The van der Waals surface area contributed by atoms with Crippen LogP contribution in [0.4, 0.5) is 13.2 Å². The largest absolute Gasteiger partial charge is 0.390 e. The predicted octanol–water partition coefficient (Wildman–Crippen LogP) is 1.79. The van der Waals surface area contributed by atoms with Gasteiger partial charge in [-0.1, -0.05) is 0 Å². The lowest BCUT2D eigenvalue weighted by molar-refractivity contribution is -0.145. The maximum atomic E-state index is 12.1. The first-order valence-corrected chi connectivity index (χ1v) is 5.91. The third kappa shape index (κ3) is 6.51. The highest BCUT2D eigenvalue weighted by Crippen LogP contribution is 2.30. The molecule has 0 aliphatic heterocycles. The van der Waals surface area contributed by atoms with Crippen LogP contribution < -0.4 is 5.32 Å². The molecular formula is C11H19F3N2O. The molecule has 0 aromatic heterocycles. The molecule has 1 saturated carbocycles. The van der Waals surface area contributed by atoms with Gasteiger partial charge in [0.2, 0.25) is 5.91 Å². The van der Waals surface area contributed by atoms with Crippen LogP contribution in [0.2, 0.25) is 0 Å². The second-order valence-corrected chi connectivity index (χ2v) is 4.50. The summed E-state index contributed by atoms with van der Waals surface area (Å²) in [5.74, 6) is 0.234. The lowest BCUT2D eigenvalue weighted by Gasteiger charge is -2.23. The lowest BCUT2D eigenvalue weighted by Crippen LogP contribution is -2.37. The molecule has 6 heteroatoms. The van der Waals surface area contributed by atoms with Crippen LogP contribution in [0.25, 0.3) is 0 Å². The first-order valence-electron chi connectivity index (χ1n) is 5.91. The summed E-state index contributed by atoms with van der Waals surface area (Å²) in [4.78, 5) is 13.1. The molecule has 0 atom stereocenters. The van der Waals surface area contributed by atoms with Crippen LogP contribution in [0.1, 0.15) is 25.7 Å². The smallest absolute Gasteiger partial charge is 0.342 e. The van der Waals surface area contributed by atoms with Gasteiger partial charge in [0.05, 0.1) is 6.42 Å². The van der Waals surface area contributed by atoms with Gasteiger partial charge < -0.3 is 10.2 Å². The fourth-order valence-electron chi connectivity index (χ4n) is 1.58. The number of nitrogens with one attached hydrogen (secondary N) is 1. The number of halogens is 3. The summed E-state index contributed by atoms with van der Waals surface area (Å²) in [6.45, 7) is 0.785. The van der Waals surface area contributed by atoms with Gasteiger partial charge in [0.25, 0.3) is 0 Å². The second-order valence-electron chi connectivity index (χ2n) is 4.50. The first kappa shape index (κ1) is 14.3. The molecule has 17 heavy (non-hydrogen) atoms. The fraction of sp³-hybridized carbons (Fsp3) is 0.909. The molecule has 1 amide bonds. The van der Waals surface area contributed by atoms with Gasteiger partial charge in [0.15, 0.2) is 0 Å². The van der Waals surface area contributed by atoms with Crippen molar-refractivity contribution in [2.45, 2.75) is 31.9 Å². The van der Waals surface area contributed by atoms with E-state index in [0.29, 0.717) is 19.0 Å². The molecule has 1 fully saturated rings. The Balaban J connectivity index is 2.38. The molecular weight excluding hydrogens is 233 g/mol. The van der Waals surface area contributed by atoms with E-state index >= 15 is 0 Å². The van der Waals surface area contributed by atoms with Gasteiger partial charge >= 0.3 is 6.18 Å². The van der Waals surface area contributed by atoms with Crippen LogP contribution in [0.3, 0.4) is 0 Å². The average molecular weight is 252 g/mol. The van der Waals surface area contributed by atoms with Crippen LogP contribution >= 0.6 is 0 Å². The molecule has 0 bridgehead atoms. The summed E-state index contributed by atoms with van der Waals surface area (Å²) in [6.07, 6.45) is -2.78. The van der Waals surface area contributed by atoms with E-state index in [-0.39, 0.29) is 18.9 Å². The molecule has 0 radical (unpaired) electrons. The third-order valence-corrected chi connectivity index (χ3v) is 2.78. The number of rotatable bonds is 7. The summed E-state index contributed by atoms with van der Waals surface area (Å²) in [5.41, 5.74) is 0. The Labute approximate surface area is 99.4 Å². The molecule has 1 aliphatic carbocycles. The van der Waals surface area contributed by atoms with E-state index in [1.807, 2.05) is 0 Å². The van der Waals surface area contributed by atoms with Gasteiger partial charge in [-0.2, -0.15) is 13.2 Å². The van der Waals surface area contributed by atoms with E-state index in [2.05, 4.69) is 5.32 Å². The van der Waals surface area contributed by atoms with Crippen molar-refractivity contribution in [1.82, 2.24) is 10.2 Å². The van der Waals surface area contributed by atoms with Gasteiger partial charge in [-0.05, 0) is 25.8 Å². The normalized spacial score (nSPS) is 16.0. The highest BCUT2D eigenvalue weighted by Gasteiger charge is 2.31. The van der Waals surface area contributed by atoms with E-state index < -0.39 is 12.6 Å². The fourth-order valence-corrected chi connectivity index (χ4v) is 1.58. The zero-order chi connectivity index (χ0) is 12.9. The Morgan fingerprint density at radius 1 is 1.41 bits per heavy atom. The van der Waals surface area contributed by atoms with Crippen LogP contribution in [0.5, 0.6) is 0 Å². The van der Waals surface area contributed by atoms with Gasteiger partial charge in [0, 0.05) is 26.1 Å². The average Bonchev–Trinajstić information content (AvgIpc) is 3.03. The molecule has 0 saturated heterocycles. The summed E-state index contributed by atoms with van der Waals surface area (Å²) in [6, 6.07) is 0. The zero-order valence-electron chi connectivity index (χ0n) is 10.0. The summed E-state index contributed by atoms with van der Waals surface area (Å²) >= 11 is 0. The van der Waals surface area contributed by atoms with Crippen molar-refractivity contribution in [3.05, 3.63) is 0 Å².